The van der Waals surface area contributed by atoms with Gasteiger partial charge in [0.1, 0.15) is 22.6 Å². The highest BCUT2D eigenvalue weighted by Crippen LogP contribution is 2.15. The monoisotopic (exact) mass is 292 g/mol. The lowest BCUT2D eigenvalue weighted by atomic mass is 10.2. The Bertz CT molecular complexity index is 566. The van der Waals surface area contributed by atoms with E-state index in [9.17, 15) is 9.59 Å². The molecule has 0 atom stereocenters. The lowest BCUT2D eigenvalue weighted by Crippen LogP contribution is -1.95. The van der Waals surface area contributed by atoms with Crippen LogP contribution < -0.4 is 0 Å². The van der Waals surface area contributed by atoms with Crippen LogP contribution in [-0.4, -0.2) is 32.4 Å². The summed E-state index contributed by atoms with van der Waals surface area (Å²) in [4.78, 5) is 20.5. The molecule has 0 radical (unpaired) electrons. The van der Waals surface area contributed by atoms with Gasteiger partial charge < -0.3 is 20.4 Å². The summed E-state index contributed by atoms with van der Waals surface area (Å²) < 4.78 is 0. The summed E-state index contributed by atoms with van der Waals surface area (Å²) in [6, 6.07) is 11.6. The number of phenols is 2. The lowest BCUT2D eigenvalue weighted by Gasteiger charge is -1.95. The molecule has 0 fully saturated rings. The zero-order valence-electron chi connectivity index (χ0n) is 10.2. The molecule has 0 saturated heterocycles. The van der Waals surface area contributed by atoms with Crippen LogP contribution in [0.2, 0.25) is 0 Å². The van der Waals surface area contributed by atoms with Crippen molar-refractivity contribution in [3.8, 4) is 11.5 Å². The molecule has 2 aromatic rings. The van der Waals surface area contributed by atoms with Crippen molar-refractivity contribution < 1.29 is 30.0 Å². The Morgan fingerprint density at radius 3 is 1.14 bits per heavy atom. The first kappa shape index (κ1) is 18.0. The van der Waals surface area contributed by atoms with Crippen LogP contribution >= 0.6 is 0 Å². The third-order valence-corrected chi connectivity index (χ3v) is 2.27. The van der Waals surface area contributed by atoms with Crippen molar-refractivity contribution in [2.45, 2.75) is 7.43 Å². The van der Waals surface area contributed by atoms with E-state index in [1.807, 2.05) is 0 Å². The van der Waals surface area contributed by atoms with Crippen molar-refractivity contribution in [2.24, 2.45) is 0 Å². The molecule has 0 aliphatic heterocycles. The molecule has 6 nitrogen and oxygen atoms in total. The number of rotatable bonds is 2. The van der Waals surface area contributed by atoms with Crippen LogP contribution in [0.3, 0.4) is 0 Å². The second-order valence-corrected chi connectivity index (χ2v) is 3.64. The smallest absolute Gasteiger partial charge is 0.339 e. The van der Waals surface area contributed by atoms with E-state index < -0.39 is 11.9 Å². The summed E-state index contributed by atoms with van der Waals surface area (Å²) in [5.74, 6) is -2.62. The van der Waals surface area contributed by atoms with Crippen LogP contribution in [0.1, 0.15) is 28.1 Å². The van der Waals surface area contributed by atoms with Gasteiger partial charge in [0.2, 0.25) is 0 Å². The molecule has 0 amide bonds. The predicted molar refractivity (Wildman–Crippen MR) is 76.9 cm³/mol. The molecule has 2 rings (SSSR count). The SMILES string of the molecule is C.O=C(O)c1ccccc1O.O=C(O)c1ccccc1O. The molecule has 0 saturated carbocycles. The van der Waals surface area contributed by atoms with E-state index in [4.69, 9.17) is 20.4 Å². The molecular weight excluding hydrogens is 276 g/mol. The first-order chi connectivity index (χ1) is 9.43. The standard InChI is InChI=1S/2C7H6O3.CH4/c2*8-6-4-2-1-3-5(6)7(9)10;/h2*1-4,8H,(H,9,10);1H4. The second kappa shape index (κ2) is 8.21. The van der Waals surface area contributed by atoms with E-state index in [1.54, 1.807) is 24.3 Å². The summed E-state index contributed by atoms with van der Waals surface area (Å²) in [5.41, 5.74) is -0.134. The largest absolute Gasteiger partial charge is 0.507 e. The van der Waals surface area contributed by atoms with Gasteiger partial charge in [-0.15, -0.1) is 0 Å². The van der Waals surface area contributed by atoms with Crippen LogP contribution in [-0.2, 0) is 0 Å². The van der Waals surface area contributed by atoms with E-state index in [0.717, 1.165) is 0 Å². The minimum atomic E-state index is -1.11. The van der Waals surface area contributed by atoms with Gasteiger partial charge in [0.15, 0.2) is 0 Å². The maximum absolute atomic E-state index is 10.3. The van der Waals surface area contributed by atoms with Gasteiger partial charge in [0, 0.05) is 0 Å². The van der Waals surface area contributed by atoms with Crippen LogP contribution in [0.15, 0.2) is 48.5 Å². The number of benzene rings is 2. The number of hydrogen-bond acceptors (Lipinski definition) is 4. The fourth-order valence-electron chi connectivity index (χ4n) is 1.31. The van der Waals surface area contributed by atoms with Gasteiger partial charge in [-0.2, -0.15) is 0 Å². The van der Waals surface area contributed by atoms with Crippen molar-refractivity contribution in [3.63, 3.8) is 0 Å². The Kier molecular flexibility index (Phi) is 7.03. The topological polar surface area (TPSA) is 115 Å². The van der Waals surface area contributed by atoms with Crippen molar-refractivity contribution in [1.29, 1.82) is 0 Å². The number of carboxylic acids is 2. The lowest BCUT2D eigenvalue weighted by molar-refractivity contribution is 0.0682. The molecule has 0 aliphatic carbocycles. The van der Waals surface area contributed by atoms with Crippen molar-refractivity contribution in [1.82, 2.24) is 0 Å². The molecule has 0 aromatic heterocycles. The van der Waals surface area contributed by atoms with Crippen LogP contribution in [0.4, 0.5) is 0 Å². The van der Waals surface area contributed by atoms with Gasteiger partial charge in [0.25, 0.3) is 0 Å². The quantitative estimate of drug-likeness (QED) is 0.676. The Hall–Kier alpha value is -3.02. The van der Waals surface area contributed by atoms with E-state index in [1.165, 1.54) is 24.3 Å². The molecule has 0 unspecified atom stereocenters. The fourth-order valence-corrected chi connectivity index (χ4v) is 1.31. The molecule has 4 N–H and O–H groups in total. The number of para-hydroxylation sites is 2. The molecule has 21 heavy (non-hydrogen) atoms. The molecule has 0 aliphatic rings. The Morgan fingerprint density at radius 1 is 0.667 bits per heavy atom. The van der Waals surface area contributed by atoms with Gasteiger partial charge >= 0.3 is 11.9 Å². The molecule has 0 spiro atoms. The zero-order chi connectivity index (χ0) is 15.1. The van der Waals surface area contributed by atoms with E-state index in [0.29, 0.717) is 0 Å². The maximum Gasteiger partial charge on any atom is 0.339 e. The number of aromatic hydroxyl groups is 2. The first-order valence-electron chi connectivity index (χ1n) is 5.46. The summed E-state index contributed by atoms with van der Waals surface area (Å²) in [6.07, 6.45) is 0. The van der Waals surface area contributed by atoms with Crippen molar-refractivity contribution >= 4 is 11.9 Å². The zero-order valence-corrected chi connectivity index (χ0v) is 10.2. The average Bonchev–Trinajstić information content (AvgIpc) is 2.40. The molecule has 0 bridgehead atoms. The van der Waals surface area contributed by atoms with E-state index >= 15 is 0 Å². The Balaban J connectivity index is 0.000000364. The summed E-state index contributed by atoms with van der Waals surface area (Å²) >= 11 is 0. The molecule has 112 valence electrons. The van der Waals surface area contributed by atoms with Crippen LogP contribution in [0.5, 0.6) is 11.5 Å². The second-order valence-electron chi connectivity index (χ2n) is 3.64. The fraction of sp³-hybridized carbons (Fsp3) is 0.0667. The van der Waals surface area contributed by atoms with Gasteiger partial charge in [0.05, 0.1) is 0 Å². The summed E-state index contributed by atoms with van der Waals surface area (Å²) in [7, 11) is 0. The van der Waals surface area contributed by atoms with Gasteiger partial charge in [-0.3, -0.25) is 0 Å². The third-order valence-electron chi connectivity index (χ3n) is 2.27. The number of carboxylic acid groups (broad SMARTS) is 2. The molecule has 6 heteroatoms. The third kappa shape index (κ3) is 5.23. The average molecular weight is 292 g/mol. The summed E-state index contributed by atoms with van der Waals surface area (Å²) in [5, 5.41) is 34.6. The number of aromatic carboxylic acids is 2. The van der Waals surface area contributed by atoms with E-state index in [-0.39, 0.29) is 30.1 Å². The number of carbonyl (C=O) groups is 2. The molecule has 2 aromatic carbocycles. The normalized spacial score (nSPS) is 8.76. The van der Waals surface area contributed by atoms with E-state index in [2.05, 4.69) is 0 Å². The molecular formula is C15H16O6. The van der Waals surface area contributed by atoms with Gasteiger partial charge in [-0.05, 0) is 24.3 Å². The van der Waals surface area contributed by atoms with Gasteiger partial charge in [-0.25, -0.2) is 9.59 Å². The predicted octanol–water partition coefficient (Wildman–Crippen LogP) is 2.82. The Labute approximate surface area is 121 Å². The molecule has 0 heterocycles. The highest BCUT2D eigenvalue weighted by Gasteiger charge is 2.06. The van der Waals surface area contributed by atoms with Crippen molar-refractivity contribution in [3.05, 3.63) is 59.7 Å². The van der Waals surface area contributed by atoms with Crippen LogP contribution in [0, 0.1) is 0 Å². The highest BCUT2D eigenvalue weighted by atomic mass is 16.4. The highest BCUT2D eigenvalue weighted by molar-refractivity contribution is 5.91. The number of hydrogen-bond donors (Lipinski definition) is 4. The Morgan fingerprint density at radius 2 is 0.952 bits per heavy atom. The van der Waals surface area contributed by atoms with Crippen molar-refractivity contribution in [2.75, 3.05) is 0 Å². The summed E-state index contributed by atoms with van der Waals surface area (Å²) in [6.45, 7) is 0. The first-order valence-corrected chi connectivity index (χ1v) is 5.46. The maximum atomic E-state index is 10.3. The minimum absolute atomic E-state index is 0. The van der Waals surface area contributed by atoms with Gasteiger partial charge in [-0.1, -0.05) is 31.7 Å². The van der Waals surface area contributed by atoms with Crippen LogP contribution in [0.25, 0.3) is 0 Å². The minimum Gasteiger partial charge on any atom is -0.507 e.